The molecule has 2 heterocycles. The van der Waals surface area contributed by atoms with E-state index in [1.54, 1.807) is 0 Å². The van der Waals surface area contributed by atoms with Gasteiger partial charge in [0.2, 0.25) is 0 Å². The van der Waals surface area contributed by atoms with Gasteiger partial charge in [0.15, 0.2) is 0 Å². The van der Waals surface area contributed by atoms with E-state index in [0.717, 1.165) is 58.1 Å². The standard InChI is InChI=1S/C16H24N4O/c21-13-12-19-8-10-20(11-9-19)15-4-2-14(3-5-15)16-17-6-1-7-18-16/h2-5,21H,1,6-13H2,(H,17,18). The summed E-state index contributed by atoms with van der Waals surface area (Å²) < 4.78 is 0. The van der Waals surface area contributed by atoms with E-state index in [1.807, 2.05) is 0 Å². The molecule has 1 aromatic rings. The van der Waals surface area contributed by atoms with Crippen molar-refractivity contribution in [3.8, 4) is 0 Å². The third-order valence-corrected chi connectivity index (χ3v) is 4.19. The monoisotopic (exact) mass is 288 g/mol. The molecule has 0 bridgehead atoms. The van der Waals surface area contributed by atoms with Gasteiger partial charge in [0.1, 0.15) is 5.84 Å². The van der Waals surface area contributed by atoms with Crippen LogP contribution in [0.15, 0.2) is 29.3 Å². The van der Waals surface area contributed by atoms with Gasteiger partial charge in [-0.1, -0.05) is 0 Å². The number of benzene rings is 1. The molecule has 1 saturated heterocycles. The number of aliphatic imine (C=N–C) groups is 1. The predicted molar refractivity (Wildman–Crippen MR) is 86.2 cm³/mol. The number of nitrogens with zero attached hydrogens (tertiary/aromatic N) is 3. The van der Waals surface area contributed by atoms with E-state index in [9.17, 15) is 0 Å². The van der Waals surface area contributed by atoms with Crippen molar-refractivity contribution in [2.75, 3.05) is 57.3 Å². The van der Waals surface area contributed by atoms with Gasteiger partial charge >= 0.3 is 0 Å². The predicted octanol–water partition coefficient (Wildman–Crippen LogP) is 0.541. The molecule has 0 saturated carbocycles. The zero-order valence-corrected chi connectivity index (χ0v) is 12.5. The second kappa shape index (κ2) is 6.91. The van der Waals surface area contributed by atoms with Gasteiger partial charge in [0.25, 0.3) is 0 Å². The zero-order chi connectivity index (χ0) is 14.5. The van der Waals surface area contributed by atoms with Crippen LogP contribution in [-0.2, 0) is 0 Å². The van der Waals surface area contributed by atoms with Gasteiger partial charge in [-0.15, -0.1) is 0 Å². The molecule has 0 amide bonds. The van der Waals surface area contributed by atoms with Crippen LogP contribution in [0.5, 0.6) is 0 Å². The summed E-state index contributed by atoms with van der Waals surface area (Å²) in [5.74, 6) is 1.03. The summed E-state index contributed by atoms with van der Waals surface area (Å²) in [5, 5.41) is 12.3. The lowest BCUT2D eigenvalue weighted by Gasteiger charge is -2.35. The molecule has 0 atom stereocenters. The minimum atomic E-state index is 0.254. The highest BCUT2D eigenvalue weighted by Gasteiger charge is 2.16. The highest BCUT2D eigenvalue weighted by molar-refractivity contribution is 5.99. The molecule has 1 fully saturated rings. The number of amidine groups is 1. The molecule has 0 aromatic heterocycles. The third kappa shape index (κ3) is 3.54. The third-order valence-electron chi connectivity index (χ3n) is 4.19. The lowest BCUT2D eigenvalue weighted by Crippen LogP contribution is -2.47. The summed E-state index contributed by atoms with van der Waals surface area (Å²) in [6.45, 7) is 7.09. The molecule has 3 rings (SSSR count). The summed E-state index contributed by atoms with van der Waals surface area (Å²) in [4.78, 5) is 9.26. The van der Waals surface area contributed by atoms with Gasteiger partial charge in [-0.3, -0.25) is 9.89 Å². The lowest BCUT2D eigenvalue weighted by atomic mass is 10.1. The van der Waals surface area contributed by atoms with E-state index < -0.39 is 0 Å². The number of rotatable bonds is 4. The Morgan fingerprint density at radius 2 is 1.86 bits per heavy atom. The van der Waals surface area contributed by atoms with Crippen LogP contribution in [0.3, 0.4) is 0 Å². The van der Waals surface area contributed by atoms with Crippen LogP contribution < -0.4 is 10.2 Å². The van der Waals surface area contributed by atoms with Crippen LogP contribution in [0.4, 0.5) is 5.69 Å². The highest BCUT2D eigenvalue weighted by atomic mass is 16.3. The molecule has 0 aliphatic carbocycles. The molecule has 21 heavy (non-hydrogen) atoms. The van der Waals surface area contributed by atoms with E-state index in [2.05, 4.69) is 44.4 Å². The van der Waals surface area contributed by atoms with Crippen LogP contribution in [0, 0.1) is 0 Å². The normalized spacial score (nSPS) is 20.0. The maximum absolute atomic E-state index is 8.98. The quantitative estimate of drug-likeness (QED) is 0.849. The first kappa shape index (κ1) is 14.4. The van der Waals surface area contributed by atoms with E-state index in [1.165, 1.54) is 11.3 Å². The molecule has 114 valence electrons. The number of piperazine rings is 1. The fourth-order valence-corrected chi connectivity index (χ4v) is 2.93. The van der Waals surface area contributed by atoms with Crippen molar-refractivity contribution in [2.24, 2.45) is 4.99 Å². The summed E-state index contributed by atoms with van der Waals surface area (Å²) in [5.41, 5.74) is 2.45. The molecule has 0 spiro atoms. The van der Waals surface area contributed by atoms with Gasteiger partial charge in [-0.2, -0.15) is 0 Å². The first-order valence-corrected chi connectivity index (χ1v) is 7.84. The lowest BCUT2D eigenvalue weighted by molar-refractivity contribution is 0.189. The fourth-order valence-electron chi connectivity index (χ4n) is 2.93. The maximum Gasteiger partial charge on any atom is 0.128 e. The second-order valence-electron chi connectivity index (χ2n) is 5.61. The molecule has 0 unspecified atom stereocenters. The zero-order valence-electron chi connectivity index (χ0n) is 12.5. The molecule has 1 aromatic carbocycles. The Bertz CT molecular complexity index is 478. The van der Waals surface area contributed by atoms with Crippen LogP contribution in [0.2, 0.25) is 0 Å². The molecule has 0 radical (unpaired) electrons. The van der Waals surface area contributed by atoms with Crippen molar-refractivity contribution in [3.05, 3.63) is 29.8 Å². The smallest absolute Gasteiger partial charge is 0.128 e. The van der Waals surface area contributed by atoms with Crippen molar-refractivity contribution in [1.82, 2.24) is 10.2 Å². The SMILES string of the molecule is OCCN1CCN(c2ccc(C3=NCCCN3)cc2)CC1. The van der Waals surface area contributed by atoms with E-state index in [-0.39, 0.29) is 6.61 Å². The molecule has 5 nitrogen and oxygen atoms in total. The molecule has 2 N–H and O–H groups in total. The van der Waals surface area contributed by atoms with Crippen molar-refractivity contribution in [1.29, 1.82) is 0 Å². The van der Waals surface area contributed by atoms with Crippen molar-refractivity contribution < 1.29 is 5.11 Å². The van der Waals surface area contributed by atoms with Gasteiger partial charge in [0.05, 0.1) is 6.61 Å². The van der Waals surface area contributed by atoms with Gasteiger partial charge < -0.3 is 15.3 Å². The molecular weight excluding hydrogens is 264 g/mol. The number of hydrogen-bond acceptors (Lipinski definition) is 5. The maximum atomic E-state index is 8.98. The Balaban J connectivity index is 1.61. The van der Waals surface area contributed by atoms with Gasteiger partial charge in [0, 0.05) is 57.1 Å². The van der Waals surface area contributed by atoms with Crippen LogP contribution in [0.25, 0.3) is 0 Å². The first-order valence-electron chi connectivity index (χ1n) is 7.84. The number of hydrogen-bond donors (Lipinski definition) is 2. The van der Waals surface area contributed by atoms with Crippen LogP contribution >= 0.6 is 0 Å². The minimum Gasteiger partial charge on any atom is -0.395 e. The second-order valence-corrected chi connectivity index (χ2v) is 5.61. The molecular formula is C16H24N4O. The Kier molecular flexibility index (Phi) is 4.72. The average Bonchev–Trinajstić information content (AvgIpc) is 2.57. The summed E-state index contributed by atoms with van der Waals surface area (Å²) in [6.07, 6.45) is 1.12. The summed E-state index contributed by atoms with van der Waals surface area (Å²) >= 11 is 0. The Labute approximate surface area is 126 Å². The fraction of sp³-hybridized carbons (Fsp3) is 0.562. The topological polar surface area (TPSA) is 51.1 Å². The van der Waals surface area contributed by atoms with Crippen molar-refractivity contribution in [2.45, 2.75) is 6.42 Å². The van der Waals surface area contributed by atoms with Crippen LogP contribution in [0.1, 0.15) is 12.0 Å². The molecule has 5 heteroatoms. The number of anilines is 1. The minimum absolute atomic E-state index is 0.254. The van der Waals surface area contributed by atoms with E-state index in [4.69, 9.17) is 5.11 Å². The Morgan fingerprint density at radius 3 is 2.48 bits per heavy atom. The average molecular weight is 288 g/mol. The number of aliphatic hydroxyl groups is 1. The number of nitrogens with one attached hydrogen (secondary N) is 1. The first-order chi connectivity index (χ1) is 10.4. The Morgan fingerprint density at radius 1 is 1.10 bits per heavy atom. The molecule has 2 aliphatic heterocycles. The van der Waals surface area contributed by atoms with Crippen LogP contribution in [-0.4, -0.2) is 68.3 Å². The van der Waals surface area contributed by atoms with Gasteiger partial charge in [-0.25, -0.2) is 0 Å². The number of β-amino-alcohol motifs (C(OH)–C–C–N with tert-alkyl or cyclic N) is 1. The van der Waals surface area contributed by atoms with Gasteiger partial charge in [-0.05, 0) is 30.7 Å². The Hall–Kier alpha value is -1.59. The summed E-state index contributed by atoms with van der Waals surface area (Å²) in [6, 6.07) is 8.70. The van der Waals surface area contributed by atoms with E-state index >= 15 is 0 Å². The van der Waals surface area contributed by atoms with Crippen molar-refractivity contribution >= 4 is 11.5 Å². The summed E-state index contributed by atoms with van der Waals surface area (Å²) in [7, 11) is 0. The highest BCUT2D eigenvalue weighted by Crippen LogP contribution is 2.18. The molecule has 2 aliphatic rings. The largest absolute Gasteiger partial charge is 0.395 e. The number of aliphatic hydroxyl groups excluding tert-OH is 1. The van der Waals surface area contributed by atoms with E-state index in [0.29, 0.717) is 0 Å². The van der Waals surface area contributed by atoms with Crippen molar-refractivity contribution in [3.63, 3.8) is 0 Å².